The minimum atomic E-state index is -0.0371. The summed E-state index contributed by atoms with van der Waals surface area (Å²) in [7, 11) is 0. The first-order chi connectivity index (χ1) is 9.99. The quantitative estimate of drug-likeness (QED) is 0.890. The molecule has 0 radical (unpaired) electrons. The number of halogens is 2. The fourth-order valence-electron chi connectivity index (χ4n) is 2.70. The molecule has 2 rings (SSSR count). The number of hydrogen-bond donors (Lipinski definition) is 1. The van der Waals surface area contributed by atoms with Crippen LogP contribution in [0.2, 0.25) is 10.0 Å². The first-order valence-corrected chi connectivity index (χ1v) is 8.21. The lowest BCUT2D eigenvalue weighted by Crippen LogP contribution is -2.43. The highest BCUT2D eigenvalue weighted by molar-refractivity contribution is 6.43. The van der Waals surface area contributed by atoms with Crippen molar-refractivity contribution < 1.29 is 4.79 Å². The lowest BCUT2D eigenvalue weighted by atomic mass is 10.1. The Morgan fingerprint density at radius 2 is 2.19 bits per heavy atom. The highest BCUT2D eigenvalue weighted by Crippen LogP contribution is 2.27. The number of nitrogens with one attached hydrogen (secondary N) is 1. The van der Waals surface area contributed by atoms with Crippen molar-refractivity contribution >= 4 is 29.1 Å². The van der Waals surface area contributed by atoms with Crippen LogP contribution in [0.5, 0.6) is 0 Å². The standard InChI is InChI=1S/C16H22Cl2N2O/c1-11(2)9-20(10-12-5-4-8-19-12)16(21)13-6-3-7-14(17)15(13)18/h3,6-7,11-12,19H,4-5,8-10H2,1-2H3. The van der Waals surface area contributed by atoms with E-state index in [1.165, 1.54) is 6.42 Å². The molecule has 1 aliphatic rings. The fourth-order valence-corrected chi connectivity index (χ4v) is 3.08. The number of carbonyl (C=O) groups is 1. The number of amides is 1. The van der Waals surface area contributed by atoms with E-state index in [2.05, 4.69) is 19.2 Å². The monoisotopic (exact) mass is 328 g/mol. The van der Waals surface area contributed by atoms with Crippen LogP contribution in [-0.2, 0) is 0 Å². The Kier molecular flexibility index (Phi) is 5.91. The van der Waals surface area contributed by atoms with Gasteiger partial charge in [0.25, 0.3) is 5.91 Å². The average Bonchev–Trinajstić information content (AvgIpc) is 2.93. The highest BCUT2D eigenvalue weighted by Gasteiger charge is 2.24. The highest BCUT2D eigenvalue weighted by atomic mass is 35.5. The van der Waals surface area contributed by atoms with Gasteiger partial charge in [0.05, 0.1) is 15.6 Å². The topological polar surface area (TPSA) is 32.3 Å². The van der Waals surface area contributed by atoms with Crippen molar-refractivity contribution in [2.75, 3.05) is 19.6 Å². The zero-order chi connectivity index (χ0) is 15.4. The van der Waals surface area contributed by atoms with Crippen molar-refractivity contribution in [3.8, 4) is 0 Å². The maximum Gasteiger partial charge on any atom is 0.255 e. The molecule has 1 atom stereocenters. The second kappa shape index (κ2) is 7.48. The Labute approximate surface area is 136 Å². The van der Waals surface area contributed by atoms with Gasteiger partial charge in [-0.05, 0) is 37.4 Å². The van der Waals surface area contributed by atoms with Gasteiger partial charge in [0, 0.05) is 19.1 Å². The summed E-state index contributed by atoms with van der Waals surface area (Å²) in [5, 5.41) is 4.21. The summed E-state index contributed by atoms with van der Waals surface area (Å²) in [6.45, 7) is 6.70. The molecule has 1 aromatic carbocycles. The zero-order valence-electron chi connectivity index (χ0n) is 12.5. The molecule has 0 saturated carbocycles. The van der Waals surface area contributed by atoms with Gasteiger partial charge in [-0.3, -0.25) is 4.79 Å². The second-order valence-electron chi connectivity index (χ2n) is 6.00. The van der Waals surface area contributed by atoms with Crippen LogP contribution in [0.25, 0.3) is 0 Å². The predicted molar refractivity (Wildman–Crippen MR) is 88.2 cm³/mol. The van der Waals surface area contributed by atoms with E-state index in [9.17, 15) is 4.79 Å². The van der Waals surface area contributed by atoms with Gasteiger partial charge in [-0.25, -0.2) is 0 Å². The van der Waals surface area contributed by atoms with Crippen molar-refractivity contribution in [1.82, 2.24) is 10.2 Å². The molecule has 5 heteroatoms. The van der Waals surface area contributed by atoms with Gasteiger partial charge in [0.1, 0.15) is 0 Å². The van der Waals surface area contributed by atoms with Crippen molar-refractivity contribution in [2.24, 2.45) is 5.92 Å². The SMILES string of the molecule is CC(C)CN(CC1CCCN1)C(=O)c1cccc(Cl)c1Cl. The third kappa shape index (κ3) is 4.35. The van der Waals surface area contributed by atoms with Crippen molar-refractivity contribution in [3.05, 3.63) is 33.8 Å². The summed E-state index contributed by atoms with van der Waals surface area (Å²) in [5.74, 6) is 0.373. The van der Waals surface area contributed by atoms with Crippen LogP contribution >= 0.6 is 23.2 Å². The summed E-state index contributed by atoms with van der Waals surface area (Å²) in [4.78, 5) is 14.7. The Balaban J connectivity index is 2.18. The summed E-state index contributed by atoms with van der Waals surface area (Å²) in [6, 6.07) is 5.59. The first-order valence-electron chi connectivity index (χ1n) is 7.45. The first kappa shape index (κ1) is 16.6. The number of benzene rings is 1. The van der Waals surface area contributed by atoms with E-state index in [1.54, 1.807) is 18.2 Å². The molecule has 1 heterocycles. The Bertz CT molecular complexity index is 499. The molecule has 0 aliphatic carbocycles. The second-order valence-corrected chi connectivity index (χ2v) is 6.78. The molecule has 116 valence electrons. The van der Waals surface area contributed by atoms with Gasteiger partial charge < -0.3 is 10.2 Å². The smallest absolute Gasteiger partial charge is 0.255 e. The molecule has 1 aromatic rings. The Morgan fingerprint density at radius 3 is 2.81 bits per heavy atom. The van der Waals surface area contributed by atoms with Gasteiger partial charge in [0.15, 0.2) is 0 Å². The van der Waals surface area contributed by atoms with Gasteiger partial charge >= 0.3 is 0 Å². The van der Waals surface area contributed by atoms with E-state index in [-0.39, 0.29) is 5.91 Å². The Morgan fingerprint density at radius 1 is 1.43 bits per heavy atom. The number of carbonyl (C=O) groups excluding carboxylic acids is 1. The van der Waals surface area contributed by atoms with Gasteiger partial charge in [-0.1, -0.05) is 43.1 Å². The molecule has 0 spiro atoms. The zero-order valence-corrected chi connectivity index (χ0v) is 14.0. The molecular formula is C16H22Cl2N2O. The van der Waals surface area contributed by atoms with E-state index < -0.39 is 0 Å². The molecule has 1 amide bonds. The molecular weight excluding hydrogens is 307 g/mol. The minimum Gasteiger partial charge on any atom is -0.337 e. The molecule has 1 unspecified atom stereocenters. The van der Waals surface area contributed by atoms with Crippen LogP contribution in [-0.4, -0.2) is 36.5 Å². The summed E-state index contributed by atoms with van der Waals surface area (Å²) >= 11 is 12.2. The maximum atomic E-state index is 12.8. The van der Waals surface area contributed by atoms with Crippen LogP contribution in [0.4, 0.5) is 0 Å². The van der Waals surface area contributed by atoms with Crippen LogP contribution in [0.3, 0.4) is 0 Å². The fraction of sp³-hybridized carbons (Fsp3) is 0.562. The number of hydrogen-bond acceptors (Lipinski definition) is 2. The van der Waals surface area contributed by atoms with Crippen LogP contribution in [0, 0.1) is 5.92 Å². The predicted octanol–water partition coefficient (Wildman–Crippen LogP) is 3.84. The third-order valence-electron chi connectivity index (χ3n) is 3.66. The molecule has 3 nitrogen and oxygen atoms in total. The molecule has 0 bridgehead atoms. The van der Waals surface area contributed by atoms with Crippen molar-refractivity contribution in [2.45, 2.75) is 32.7 Å². The summed E-state index contributed by atoms with van der Waals surface area (Å²) in [6.07, 6.45) is 2.29. The summed E-state index contributed by atoms with van der Waals surface area (Å²) < 4.78 is 0. The lowest BCUT2D eigenvalue weighted by Gasteiger charge is -2.28. The van der Waals surface area contributed by atoms with Crippen LogP contribution < -0.4 is 5.32 Å². The molecule has 1 N–H and O–H groups in total. The van der Waals surface area contributed by atoms with Crippen molar-refractivity contribution in [1.29, 1.82) is 0 Å². The van der Waals surface area contributed by atoms with Gasteiger partial charge in [-0.2, -0.15) is 0 Å². The lowest BCUT2D eigenvalue weighted by molar-refractivity contribution is 0.0721. The van der Waals surface area contributed by atoms with Crippen LogP contribution in [0.1, 0.15) is 37.0 Å². The van der Waals surface area contributed by atoms with E-state index >= 15 is 0 Å². The van der Waals surface area contributed by atoms with Crippen LogP contribution in [0.15, 0.2) is 18.2 Å². The minimum absolute atomic E-state index is 0.0371. The molecule has 1 saturated heterocycles. The van der Waals surface area contributed by atoms with E-state index in [1.807, 2.05) is 4.90 Å². The normalized spacial score (nSPS) is 18.2. The molecule has 0 aromatic heterocycles. The summed E-state index contributed by atoms with van der Waals surface area (Å²) in [5.41, 5.74) is 0.489. The van der Waals surface area contributed by atoms with Crippen molar-refractivity contribution in [3.63, 3.8) is 0 Å². The van der Waals surface area contributed by atoms with E-state index in [0.717, 1.165) is 26.1 Å². The third-order valence-corrected chi connectivity index (χ3v) is 4.48. The van der Waals surface area contributed by atoms with Gasteiger partial charge in [-0.15, -0.1) is 0 Å². The van der Waals surface area contributed by atoms with E-state index in [4.69, 9.17) is 23.2 Å². The number of rotatable bonds is 5. The molecule has 21 heavy (non-hydrogen) atoms. The molecule has 1 fully saturated rings. The number of nitrogens with zero attached hydrogens (tertiary/aromatic N) is 1. The Hall–Kier alpha value is -0.770. The van der Waals surface area contributed by atoms with E-state index in [0.29, 0.717) is 27.6 Å². The molecule has 1 aliphatic heterocycles. The average molecular weight is 329 g/mol. The van der Waals surface area contributed by atoms with Gasteiger partial charge in [0.2, 0.25) is 0 Å². The maximum absolute atomic E-state index is 12.8. The largest absolute Gasteiger partial charge is 0.337 e.